The molecule has 134 valence electrons. The van der Waals surface area contributed by atoms with Crippen LogP contribution in [0.1, 0.15) is 5.56 Å². The molecule has 0 fully saturated rings. The minimum absolute atomic E-state index is 0.105. The average Bonchev–Trinajstić information content (AvgIpc) is 3.11. The van der Waals surface area contributed by atoms with Gasteiger partial charge < -0.3 is 5.11 Å². The van der Waals surface area contributed by atoms with Gasteiger partial charge in [0.05, 0.1) is 28.0 Å². The van der Waals surface area contributed by atoms with Crippen LogP contribution in [-0.4, -0.2) is 31.1 Å². The van der Waals surface area contributed by atoms with Crippen LogP contribution < -0.4 is 5.43 Å². The Bertz CT molecular complexity index is 1140. The summed E-state index contributed by atoms with van der Waals surface area (Å²) in [6.07, 6.45) is 4.65. The Hall–Kier alpha value is -2.78. The third-order valence-corrected chi connectivity index (χ3v) is 4.86. The molecule has 0 aliphatic carbocycles. The molecule has 0 spiro atoms. The van der Waals surface area contributed by atoms with E-state index in [0.717, 1.165) is 15.5 Å². The van der Waals surface area contributed by atoms with Gasteiger partial charge in [0.1, 0.15) is 12.1 Å². The molecule has 0 saturated heterocycles. The molecule has 0 bridgehead atoms. The largest absolute Gasteiger partial charge is 0.506 e. The summed E-state index contributed by atoms with van der Waals surface area (Å²) in [5.74, 6) is 0.625. The molecule has 27 heavy (non-hydrogen) atoms. The highest BCUT2D eigenvalue weighted by Crippen LogP contribution is 2.30. The van der Waals surface area contributed by atoms with Crippen molar-refractivity contribution >= 4 is 54.9 Å². The number of aromatic nitrogens is 4. The molecule has 4 rings (SSSR count). The van der Waals surface area contributed by atoms with Crippen LogP contribution in [0.25, 0.3) is 16.7 Å². The van der Waals surface area contributed by atoms with Crippen LogP contribution in [0, 0.1) is 0 Å². The van der Waals surface area contributed by atoms with Gasteiger partial charge in [-0.2, -0.15) is 10.2 Å². The van der Waals surface area contributed by atoms with E-state index in [2.05, 4.69) is 57.5 Å². The van der Waals surface area contributed by atoms with Crippen LogP contribution in [0.5, 0.6) is 5.75 Å². The van der Waals surface area contributed by atoms with Crippen molar-refractivity contribution in [2.75, 3.05) is 5.43 Å². The van der Waals surface area contributed by atoms with Crippen molar-refractivity contribution in [3.8, 4) is 11.4 Å². The normalized spacial score (nSPS) is 11.3. The maximum Gasteiger partial charge on any atom is 0.168 e. The average molecular weight is 488 g/mol. The molecule has 7 nitrogen and oxygen atoms in total. The second-order valence-electron chi connectivity index (χ2n) is 5.55. The molecular formula is C18H12Br2N6O. The smallest absolute Gasteiger partial charge is 0.168 e. The fourth-order valence-corrected chi connectivity index (χ4v) is 3.80. The number of hydrogen-bond acceptors (Lipinski definition) is 6. The zero-order valence-electron chi connectivity index (χ0n) is 13.7. The number of hydrazone groups is 1. The van der Waals surface area contributed by atoms with E-state index in [1.165, 1.54) is 12.5 Å². The predicted molar refractivity (Wildman–Crippen MR) is 111 cm³/mol. The van der Waals surface area contributed by atoms with Crippen molar-refractivity contribution in [1.29, 1.82) is 0 Å². The van der Waals surface area contributed by atoms with Crippen LogP contribution in [0.2, 0.25) is 0 Å². The molecular weight excluding hydrogens is 476 g/mol. The van der Waals surface area contributed by atoms with Gasteiger partial charge in [-0.3, -0.25) is 5.43 Å². The Balaban J connectivity index is 1.65. The number of hydrogen-bond donors (Lipinski definition) is 2. The molecule has 0 radical (unpaired) electrons. The highest BCUT2D eigenvalue weighted by Gasteiger charge is 2.11. The molecule has 2 heterocycles. The van der Waals surface area contributed by atoms with E-state index in [9.17, 15) is 5.11 Å². The lowest BCUT2D eigenvalue weighted by molar-refractivity contribution is 0.471. The lowest BCUT2D eigenvalue weighted by atomic mass is 10.2. The third kappa shape index (κ3) is 3.56. The molecule has 0 aliphatic heterocycles. The minimum Gasteiger partial charge on any atom is -0.506 e. The molecule has 0 aliphatic rings. The number of phenolic OH excluding ortho intramolecular Hbond substituents is 1. The van der Waals surface area contributed by atoms with Crippen molar-refractivity contribution in [3.63, 3.8) is 0 Å². The number of fused-ring (bicyclic) bond motifs is 1. The number of anilines is 1. The van der Waals surface area contributed by atoms with Crippen LogP contribution in [-0.2, 0) is 0 Å². The van der Waals surface area contributed by atoms with E-state index in [1.807, 2.05) is 30.3 Å². The molecule has 0 saturated carbocycles. The number of aromatic hydroxyl groups is 1. The van der Waals surface area contributed by atoms with Gasteiger partial charge in [0.2, 0.25) is 0 Å². The summed E-state index contributed by atoms with van der Waals surface area (Å²) in [5.41, 5.74) is 5.02. The number of para-hydroxylation sites is 1. The number of benzene rings is 2. The number of nitrogens with one attached hydrogen (secondary N) is 1. The SMILES string of the molecule is Oc1c(Br)cc(Br)cc1/C=N\Nc1ncnc2c1cnn2-c1ccccc1. The molecule has 0 amide bonds. The molecule has 9 heteroatoms. The number of halogens is 2. The first kappa shape index (κ1) is 17.6. The summed E-state index contributed by atoms with van der Waals surface area (Å²) in [6.45, 7) is 0. The second kappa shape index (κ2) is 7.45. The lowest BCUT2D eigenvalue weighted by Crippen LogP contribution is -1.99. The highest BCUT2D eigenvalue weighted by molar-refractivity contribution is 9.11. The Morgan fingerprint density at radius 3 is 2.74 bits per heavy atom. The predicted octanol–water partition coefficient (Wildman–Crippen LogP) is 4.49. The van der Waals surface area contributed by atoms with Gasteiger partial charge in [-0.15, -0.1) is 0 Å². The van der Waals surface area contributed by atoms with Crippen molar-refractivity contribution in [2.45, 2.75) is 0 Å². The van der Waals surface area contributed by atoms with Crippen LogP contribution in [0.3, 0.4) is 0 Å². The van der Waals surface area contributed by atoms with E-state index in [1.54, 1.807) is 23.0 Å². The summed E-state index contributed by atoms with van der Waals surface area (Å²) < 4.78 is 3.14. The van der Waals surface area contributed by atoms with Crippen LogP contribution in [0.15, 0.2) is 69.0 Å². The fourth-order valence-electron chi connectivity index (χ4n) is 2.54. The molecule has 4 aromatic rings. The molecule has 0 unspecified atom stereocenters. The van der Waals surface area contributed by atoms with E-state index >= 15 is 0 Å². The second-order valence-corrected chi connectivity index (χ2v) is 7.32. The van der Waals surface area contributed by atoms with Crippen molar-refractivity contribution in [2.24, 2.45) is 5.10 Å². The van der Waals surface area contributed by atoms with E-state index in [0.29, 0.717) is 21.5 Å². The van der Waals surface area contributed by atoms with Crippen LogP contribution in [0.4, 0.5) is 5.82 Å². The standard InChI is InChI=1S/C18H12Br2N6O/c19-12-6-11(16(27)15(20)7-12)8-23-25-17-14-9-24-26(18(14)22-10-21-17)13-4-2-1-3-5-13/h1-10,27H,(H,21,22,25)/b23-8-. The Labute approximate surface area is 171 Å². The van der Waals surface area contributed by atoms with Gasteiger partial charge in [0.15, 0.2) is 11.5 Å². The van der Waals surface area contributed by atoms with Crippen LogP contribution >= 0.6 is 31.9 Å². The van der Waals surface area contributed by atoms with Gasteiger partial charge in [-0.05, 0) is 40.2 Å². The summed E-state index contributed by atoms with van der Waals surface area (Å²) >= 11 is 6.68. The van der Waals surface area contributed by atoms with Gasteiger partial charge >= 0.3 is 0 Å². The monoisotopic (exact) mass is 486 g/mol. The van der Waals surface area contributed by atoms with E-state index < -0.39 is 0 Å². The number of nitrogens with zero attached hydrogens (tertiary/aromatic N) is 5. The quantitative estimate of drug-likeness (QED) is 0.327. The van der Waals surface area contributed by atoms with Gasteiger partial charge in [0, 0.05) is 10.0 Å². The van der Waals surface area contributed by atoms with E-state index in [-0.39, 0.29) is 5.75 Å². The zero-order chi connectivity index (χ0) is 18.8. The van der Waals surface area contributed by atoms with Crippen molar-refractivity contribution < 1.29 is 5.11 Å². The number of rotatable bonds is 4. The third-order valence-electron chi connectivity index (χ3n) is 3.80. The zero-order valence-corrected chi connectivity index (χ0v) is 16.9. The summed E-state index contributed by atoms with van der Waals surface area (Å²) in [4.78, 5) is 8.56. The highest BCUT2D eigenvalue weighted by atomic mass is 79.9. The van der Waals surface area contributed by atoms with Gasteiger partial charge in [0.25, 0.3) is 0 Å². The maximum absolute atomic E-state index is 10.1. The number of phenols is 1. The first-order valence-corrected chi connectivity index (χ1v) is 9.43. The van der Waals surface area contributed by atoms with Gasteiger partial charge in [-0.1, -0.05) is 34.1 Å². The van der Waals surface area contributed by atoms with Gasteiger partial charge in [-0.25, -0.2) is 14.6 Å². The van der Waals surface area contributed by atoms with Crippen molar-refractivity contribution in [3.05, 3.63) is 69.5 Å². The summed E-state index contributed by atoms with van der Waals surface area (Å²) in [5, 5.41) is 19.4. The molecule has 2 aromatic heterocycles. The molecule has 0 atom stereocenters. The minimum atomic E-state index is 0.105. The molecule has 2 N–H and O–H groups in total. The summed E-state index contributed by atoms with van der Waals surface area (Å²) in [6, 6.07) is 13.2. The summed E-state index contributed by atoms with van der Waals surface area (Å²) in [7, 11) is 0. The topological polar surface area (TPSA) is 88.2 Å². The first-order chi connectivity index (χ1) is 13.1. The lowest BCUT2D eigenvalue weighted by Gasteiger charge is -2.04. The maximum atomic E-state index is 10.1. The Kier molecular flexibility index (Phi) is 4.87. The van der Waals surface area contributed by atoms with Crippen molar-refractivity contribution in [1.82, 2.24) is 19.7 Å². The first-order valence-electron chi connectivity index (χ1n) is 7.85. The Morgan fingerprint density at radius 1 is 1.11 bits per heavy atom. The molecule has 2 aromatic carbocycles. The Morgan fingerprint density at radius 2 is 1.93 bits per heavy atom. The fraction of sp³-hybridized carbons (Fsp3) is 0. The van der Waals surface area contributed by atoms with E-state index in [4.69, 9.17) is 0 Å².